The normalized spacial score (nSPS) is 3.25. The van der Waals surface area contributed by atoms with Crippen molar-refractivity contribution in [3.05, 3.63) is 11.5 Å². The molecule has 0 rings (SSSR count). The average Bonchev–Trinajstić information content (AvgIpc) is 0.918. The molecule has 2 heteroatoms. The molecule has 25 valence electrons. The molecule has 0 saturated heterocycles. The minimum Gasteiger partial charge on any atom is -0.412 e. The maximum absolute atomic E-state index is 3.42. The Morgan fingerprint density at radius 2 is 1.75 bits per heavy atom. The molecule has 2 N–H and O–H groups in total. The van der Waals surface area contributed by atoms with Crippen molar-refractivity contribution < 1.29 is 5.48 Å². The van der Waals surface area contributed by atoms with Gasteiger partial charge in [-0.05, 0) is 0 Å². The van der Waals surface area contributed by atoms with Crippen molar-refractivity contribution >= 4 is 16.5 Å². The molecular weight excluding hydrogens is 113 g/mol. The van der Waals surface area contributed by atoms with Crippen molar-refractivity contribution in [3.63, 3.8) is 0 Å². The van der Waals surface area contributed by atoms with Crippen molar-refractivity contribution in [2.24, 2.45) is 0 Å². The predicted molar refractivity (Wildman–Crippen MR) is 22.4 cm³/mol. The zero-order chi connectivity index (χ0) is 2.71. The third-order valence-electron chi connectivity index (χ3n) is 0. The molecule has 0 aliphatic heterocycles. The fourth-order valence-corrected chi connectivity index (χ4v) is 0. The summed E-state index contributed by atoms with van der Waals surface area (Å²) in [5.74, 6) is 0. The van der Waals surface area contributed by atoms with Gasteiger partial charge in [0.25, 0.3) is 0 Å². The molecule has 0 saturated carbocycles. The van der Waals surface area contributed by atoms with E-state index in [1.165, 1.54) is 16.5 Å². The molecule has 4 heavy (non-hydrogen) atoms. The summed E-state index contributed by atoms with van der Waals surface area (Å²) < 4.78 is 0. The number of rotatable bonds is 0. The van der Waals surface area contributed by atoms with Crippen LogP contribution in [-0.4, -0.2) is 22.0 Å². The first-order valence-corrected chi connectivity index (χ1v) is 2.53. The summed E-state index contributed by atoms with van der Waals surface area (Å²) in [6.07, 6.45) is 0. The van der Waals surface area contributed by atoms with Gasteiger partial charge in [0.15, 0.2) is 0 Å². The van der Waals surface area contributed by atoms with Crippen LogP contribution in [0.1, 0.15) is 0 Å². The van der Waals surface area contributed by atoms with E-state index in [0.717, 1.165) is 0 Å². The maximum Gasteiger partial charge on any atom is -0.412 e. The summed E-state index contributed by atoms with van der Waals surface area (Å²) in [7, 11) is 0. The van der Waals surface area contributed by atoms with Crippen LogP contribution in [0.4, 0.5) is 0 Å². The Bertz CT molecular complexity index is 13.5. The van der Waals surface area contributed by atoms with E-state index in [-0.39, 0.29) is 5.48 Å². The quantitative estimate of drug-likeness (QED) is 0.364. The Labute approximate surface area is 34.2 Å². The summed E-state index contributed by atoms with van der Waals surface area (Å²) >= 11 is 1.21. The molecule has 0 unspecified atom stereocenters. The van der Waals surface area contributed by atoms with Gasteiger partial charge in [0.2, 0.25) is 0 Å². The van der Waals surface area contributed by atoms with Gasteiger partial charge in [0, 0.05) is 0 Å². The van der Waals surface area contributed by atoms with E-state index in [1.807, 2.05) is 4.91 Å². The van der Waals surface area contributed by atoms with Gasteiger partial charge in [-0.25, -0.2) is 0 Å². The third kappa shape index (κ3) is 58.7. The topological polar surface area (TPSA) is 31.5 Å². The molecule has 0 atom stereocenters. The Morgan fingerprint density at radius 3 is 1.75 bits per heavy atom. The fraction of sp³-hybridized carbons (Fsp3) is 0. The molecule has 0 heterocycles. The average molecular weight is 120 g/mol. The van der Waals surface area contributed by atoms with Gasteiger partial charge in [-0.15, -0.1) is 0 Å². The third-order valence-corrected chi connectivity index (χ3v) is 0. The standard InChI is InChI=1S/C2H5Ge.H2O/c1-2-3;/h2H,1,3H2;1H2. The van der Waals surface area contributed by atoms with Gasteiger partial charge in [0.1, 0.15) is 0 Å². The van der Waals surface area contributed by atoms with E-state index in [1.54, 1.807) is 0 Å². The van der Waals surface area contributed by atoms with Crippen LogP contribution in [0.5, 0.6) is 0 Å². The molecule has 0 aromatic carbocycles. The molecule has 0 spiro atoms. The van der Waals surface area contributed by atoms with E-state index in [9.17, 15) is 0 Å². The van der Waals surface area contributed by atoms with Gasteiger partial charge < -0.3 is 5.48 Å². The van der Waals surface area contributed by atoms with E-state index in [0.29, 0.717) is 0 Å². The summed E-state index contributed by atoms with van der Waals surface area (Å²) in [4.78, 5) is 1.88. The van der Waals surface area contributed by atoms with Crippen LogP contribution in [0.25, 0.3) is 0 Å². The number of hydrogen-bond donors (Lipinski definition) is 0. The van der Waals surface area contributed by atoms with Crippen molar-refractivity contribution in [2.75, 3.05) is 0 Å². The largest absolute Gasteiger partial charge is 0.412 e. The van der Waals surface area contributed by atoms with Crippen LogP contribution >= 0.6 is 0 Å². The van der Waals surface area contributed by atoms with Gasteiger partial charge >= 0.3 is 28.0 Å². The molecule has 0 aromatic heterocycles. The van der Waals surface area contributed by atoms with Crippen LogP contribution in [0.15, 0.2) is 11.5 Å². The molecule has 0 amide bonds. The number of hydrogen-bond acceptors (Lipinski definition) is 0. The Balaban J connectivity index is 0. The smallest absolute Gasteiger partial charge is 0.412 e. The van der Waals surface area contributed by atoms with E-state index < -0.39 is 0 Å². The zero-order valence-electron chi connectivity index (χ0n) is 2.49. The Hall–Kier alpha value is 0.243. The van der Waals surface area contributed by atoms with Crippen LogP contribution in [-0.2, 0) is 0 Å². The molecule has 0 fully saturated rings. The van der Waals surface area contributed by atoms with E-state index >= 15 is 0 Å². The SMILES string of the molecule is C=[CH][GeH2].O. The summed E-state index contributed by atoms with van der Waals surface area (Å²) in [5, 5.41) is 0. The van der Waals surface area contributed by atoms with Gasteiger partial charge in [-0.3, -0.25) is 0 Å². The van der Waals surface area contributed by atoms with Crippen LogP contribution in [0.3, 0.4) is 0 Å². The van der Waals surface area contributed by atoms with Crippen molar-refractivity contribution in [3.8, 4) is 0 Å². The Morgan fingerprint density at radius 1 is 1.75 bits per heavy atom. The van der Waals surface area contributed by atoms with Crippen LogP contribution in [0, 0.1) is 0 Å². The van der Waals surface area contributed by atoms with E-state index in [2.05, 4.69) is 6.58 Å². The predicted octanol–water partition coefficient (Wildman–Crippen LogP) is -1.06. The molecule has 0 aromatic rings. The van der Waals surface area contributed by atoms with E-state index in [4.69, 9.17) is 0 Å². The second kappa shape index (κ2) is 10.6. The monoisotopic (exact) mass is 121 g/mol. The zero-order valence-corrected chi connectivity index (χ0v) is 5.46. The molecule has 0 bridgehead atoms. The molecule has 1 nitrogen and oxygen atoms in total. The minimum absolute atomic E-state index is 0. The summed E-state index contributed by atoms with van der Waals surface area (Å²) in [6, 6.07) is 0. The fourth-order valence-electron chi connectivity index (χ4n) is 0. The van der Waals surface area contributed by atoms with Crippen LogP contribution in [0.2, 0.25) is 0 Å². The van der Waals surface area contributed by atoms with Gasteiger partial charge in [-0.2, -0.15) is 0 Å². The van der Waals surface area contributed by atoms with Gasteiger partial charge in [0.05, 0.1) is 0 Å². The van der Waals surface area contributed by atoms with Crippen LogP contribution < -0.4 is 0 Å². The summed E-state index contributed by atoms with van der Waals surface area (Å²) in [5.41, 5.74) is 0. The maximum atomic E-state index is 3.42. The van der Waals surface area contributed by atoms with Gasteiger partial charge in [-0.1, -0.05) is 0 Å². The molecular formula is C2H7GeO. The molecule has 1 radical (unpaired) electrons. The first kappa shape index (κ1) is 8.87. The van der Waals surface area contributed by atoms with Crippen molar-refractivity contribution in [1.82, 2.24) is 0 Å². The molecule has 0 aliphatic carbocycles. The molecule has 0 aliphatic rings. The van der Waals surface area contributed by atoms with Crippen molar-refractivity contribution in [1.29, 1.82) is 0 Å². The second-order valence-corrected chi connectivity index (χ2v) is 1.50. The first-order chi connectivity index (χ1) is 1.41. The minimum atomic E-state index is 0. The second-order valence-electron chi connectivity index (χ2n) is 0.289. The summed E-state index contributed by atoms with van der Waals surface area (Å²) in [6.45, 7) is 3.42. The Kier molecular flexibility index (Phi) is 23.4. The first-order valence-electron chi connectivity index (χ1n) is 0.816. The van der Waals surface area contributed by atoms with Crippen molar-refractivity contribution in [2.45, 2.75) is 0 Å².